The number of carbonyl (C=O) groups excluding carboxylic acids is 1. The summed E-state index contributed by atoms with van der Waals surface area (Å²) in [5.74, 6) is 1.38. The highest BCUT2D eigenvalue weighted by Crippen LogP contribution is 2.23. The van der Waals surface area contributed by atoms with Gasteiger partial charge in [0.2, 0.25) is 0 Å². The van der Waals surface area contributed by atoms with Gasteiger partial charge in [0.1, 0.15) is 5.75 Å². The fourth-order valence-corrected chi connectivity index (χ4v) is 2.75. The Kier molecular flexibility index (Phi) is 5.31. The van der Waals surface area contributed by atoms with Gasteiger partial charge in [-0.25, -0.2) is 9.67 Å². The molecular weight excluding hydrogens is 328 g/mol. The van der Waals surface area contributed by atoms with Gasteiger partial charge in [-0.2, -0.15) is 5.10 Å². The summed E-state index contributed by atoms with van der Waals surface area (Å²) in [6.45, 7) is 6.60. The van der Waals surface area contributed by atoms with Crippen LogP contribution in [-0.2, 0) is 0 Å². The molecule has 3 rings (SSSR count). The molecule has 26 heavy (non-hydrogen) atoms. The summed E-state index contributed by atoms with van der Waals surface area (Å²) in [6, 6.07) is 12.9. The second-order valence-corrected chi connectivity index (χ2v) is 6.11. The zero-order chi connectivity index (χ0) is 18.5. The first-order valence-corrected chi connectivity index (χ1v) is 8.63. The number of ether oxygens (including phenoxy) is 1. The number of nitrogens with one attached hydrogen (secondary N) is 1. The molecule has 0 saturated heterocycles. The van der Waals surface area contributed by atoms with Gasteiger partial charge in [-0.05, 0) is 49.2 Å². The second kappa shape index (κ2) is 7.82. The molecule has 0 fully saturated rings. The average molecular weight is 350 g/mol. The first kappa shape index (κ1) is 17.7. The number of aromatic nitrogens is 3. The molecule has 0 unspecified atom stereocenters. The minimum atomic E-state index is -0.194. The fourth-order valence-electron chi connectivity index (χ4n) is 2.75. The van der Waals surface area contributed by atoms with E-state index in [0.717, 1.165) is 11.4 Å². The maximum absolute atomic E-state index is 12.8. The van der Waals surface area contributed by atoms with Crippen LogP contribution in [0.25, 0.3) is 5.82 Å². The maximum Gasteiger partial charge on any atom is 0.259 e. The standard InChI is InChI=1S/C20H22N4O2/c1-4-26-16-10-8-15(9-11-16)23-20(25)17-13-22-24(19(17)14(2)3)18-7-5-6-12-21-18/h5-14H,4H2,1-3H3,(H,23,25). The minimum Gasteiger partial charge on any atom is -0.494 e. The SMILES string of the molecule is CCOc1ccc(NC(=O)c2cnn(-c3ccccn3)c2C(C)C)cc1. The Morgan fingerprint density at radius 1 is 1.19 bits per heavy atom. The van der Waals surface area contributed by atoms with Crippen LogP contribution in [0, 0.1) is 0 Å². The minimum absolute atomic E-state index is 0.112. The van der Waals surface area contributed by atoms with Crippen molar-refractivity contribution in [2.75, 3.05) is 11.9 Å². The Morgan fingerprint density at radius 3 is 2.58 bits per heavy atom. The van der Waals surface area contributed by atoms with Gasteiger partial charge in [-0.15, -0.1) is 0 Å². The van der Waals surface area contributed by atoms with Gasteiger partial charge in [-0.3, -0.25) is 4.79 Å². The molecule has 2 heterocycles. The van der Waals surface area contributed by atoms with Crippen molar-refractivity contribution >= 4 is 11.6 Å². The Hall–Kier alpha value is -3.15. The number of carbonyl (C=O) groups is 1. The van der Waals surface area contributed by atoms with Crippen molar-refractivity contribution in [1.29, 1.82) is 0 Å². The highest BCUT2D eigenvalue weighted by atomic mass is 16.5. The predicted octanol–water partition coefficient (Wildman–Crippen LogP) is 4.04. The predicted molar refractivity (Wildman–Crippen MR) is 101 cm³/mol. The van der Waals surface area contributed by atoms with Gasteiger partial charge in [0, 0.05) is 11.9 Å². The van der Waals surface area contributed by atoms with Crippen LogP contribution in [0.15, 0.2) is 54.9 Å². The van der Waals surface area contributed by atoms with Gasteiger partial charge >= 0.3 is 0 Å². The van der Waals surface area contributed by atoms with E-state index in [1.165, 1.54) is 0 Å². The summed E-state index contributed by atoms with van der Waals surface area (Å²) in [5, 5.41) is 7.30. The lowest BCUT2D eigenvalue weighted by Crippen LogP contribution is -2.15. The molecule has 0 aliphatic heterocycles. The lowest BCUT2D eigenvalue weighted by atomic mass is 10.1. The summed E-state index contributed by atoms with van der Waals surface area (Å²) in [4.78, 5) is 17.1. The summed E-state index contributed by atoms with van der Waals surface area (Å²) in [5.41, 5.74) is 2.07. The van der Waals surface area contributed by atoms with Crippen molar-refractivity contribution in [2.45, 2.75) is 26.7 Å². The number of hydrogen-bond donors (Lipinski definition) is 1. The largest absolute Gasteiger partial charge is 0.494 e. The van der Waals surface area contributed by atoms with E-state index in [4.69, 9.17) is 4.74 Å². The topological polar surface area (TPSA) is 69.0 Å². The molecule has 1 aromatic carbocycles. The Labute approximate surface area is 152 Å². The molecule has 0 aliphatic carbocycles. The average Bonchev–Trinajstić information content (AvgIpc) is 3.10. The van der Waals surface area contributed by atoms with Crippen LogP contribution < -0.4 is 10.1 Å². The van der Waals surface area contributed by atoms with Crippen LogP contribution in [0.4, 0.5) is 5.69 Å². The van der Waals surface area contributed by atoms with E-state index in [-0.39, 0.29) is 11.8 Å². The molecule has 0 saturated carbocycles. The molecule has 6 heteroatoms. The molecule has 0 atom stereocenters. The molecule has 0 spiro atoms. The first-order valence-electron chi connectivity index (χ1n) is 8.63. The van der Waals surface area contributed by atoms with Crippen molar-refractivity contribution in [3.05, 3.63) is 66.1 Å². The van der Waals surface area contributed by atoms with Crippen LogP contribution in [0.2, 0.25) is 0 Å². The van der Waals surface area contributed by atoms with E-state index in [1.54, 1.807) is 17.1 Å². The zero-order valence-electron chi connectivity index (χ0n) is 15.1. The molecule has 6 nitrogen and oxygen atoms in total. The Morgan fingerprint density at radius 2 is 1.96 bits per heavy atom. The normalized spacial score (nSPS) is 10.8. The molecular formula is C20H22N4O2. The summed E-state index contributed by atoms with van der Waals surface area (Å²) < 4.78 is 7.14. The van der Waals surface area contributed by atoms with Crippen molar-refractivity contribution in [3.8, 4) is 11.6 Å². The van der Waals surface area contributed by atoms with Gasteiger partial charge in [0.15, 0.2) is 5.82 Å². The molecule has 0 radical (unpaired) electrons. The van der Waals surface area contributed by atoms with Crippen LogP contribution >= 0.6 is 0 Å². The van der Waals surface area contributed by atoms with E-state index in [1.807, 2.05) is 63.2 Å². The van der Waals surface area contributed by atoms with E-state index in [2.05, 4.69) is 15.4 Å². The number of amides is 1. The van der Waals surface area contributed by atoms with Crippen molar-refractivity contribution in [1.82, 2.24) is 14.8 Å². The molecule has 1 N–H and O–H groups in total. The number of nitrogens with zero attached hydrogens (tertiary/aromatic N) is 3. The van der Waals surface area contributed by atoms with Crippen molar-refractivity contribution < 1.29 is 9.53 Å². The second-order valence-electron chi connectivity index (χ2n) is 6.11. The number of anilines is 1. The number of hydrogen-bond acceptors (Lipinski definition) is 4. The summed E-state index contributed by atoms with van der Waals surface area (Å²) in [7, 11) is 0. The van der Waals surface area contributed by atoms with Gasteiger partial charge < -0.3 is 10.1 Å². The first-order chi connectivity index (χ1) is 12.6. The van der Waals surface area contributed by atoms with Crippen molar-refractivity contribution in [2.24, 2.45) is 0 Å². The molecule has 0 aliphatic rings. The molecule has 134 valence electrons. The van der Waals surface area contributed by atoms with Gasteiger partial charge in [0.05, 0.1) is 24.1 Å². The number of pyridine rings is 1. The highest BCUT2D eigenvalue weighted by Gasteiger charge is 2.21. The molecule has 3 aromatic rings. The fraction of sp³-hybridized carbons (Fsp3) is 0.250. The van der Waals surface area contributed by atoms with Crippen molar-refractivity contribution in [3.63, 3.8) is 0 Å². The highest BCUT2D eigenvalue weighted by molar-refractivity contribution is 6.05. The third-order valence-corrected chi connectivity index (χ3v) is 3.89. The monoisotopic (exact) mass is 350 g/mol. The van der Waals surface area contributed by atoms with E-state index in [9.17, 15) is 4.79 Å². The maximum atomic E-state index is 12.8. The molecule has 2 aromatic heterocycles. The van der Waals surface area contributed by atoms with Crippen LogP contribution in [0.3, 0.4) is 0 Å². The lowest BCUT2D eigenvalue weighted by Gasteiger charge is -2.12. The molecule has 0 bridgehead atoms. The van der Waals surface area contributed by atoms with Gasteiger partial charge in [-0.1, -0.05) is 19.9 Å². The Bertz CT molecular complexity index is 871. The van der Waals surface area contributed by atoms with E-state index < -0.39 is 0 Å². The zero-order valence-corrected chi connectivity index (χ0v) is 15.1. The smallest absolute Gasteiger partial charge is 0.259 e. The lowest BCUT2D eigenvalue weighted by molar-refractivity contribution is 0.102. The number of rotatable bonds is 6. The van der Waals surface area contributed by atoms with Crippen LogP contribution in [0.1, 0.15) is 42.7 Å². The third kappa shape index (κ3) is 3.74. The van der Waals surface area contributed by atoms with E-state index in [0.29, 0.717) is 23.7 Å². The summed E-state index contributed by atoms with van der Waals surface area (Å²) in [6.07, 6.45) is 3.30. The Balaban J connectivity index is 1.86. The van der Waals surface area contributed by atoms with Crippen LogP contribution in [0.5, 0.6) is 5.75 Å². The number of benzene rings is 1. The van der Waals surface area contributed by atoms with Crippen LogP contribution in [-0.4, -0.2) is 27.3 Å². The van der Waals surface area contributed by atoms with E-state index >= 15 is 0 Å². The van der Waals surface area contributed by atoms with Gasteiger partial charge in [0.25, 0.3) is 5.91 Å². The molecule has 1 amide bonds. The third-order valence-electron chi connectivity index (χ3n) is 3.89. The quantitative estimate of drug-likeness (QED) is 0.728. The summed E-state index contributed by atoms with van der Waals surface area (Å²) >= 11 is 0.